The van der Waals surface area contributed by atoms with Gasteiger partial charge in [0.15, 0.2) is 0 Å². The summed E-state index contributed by atoms with van der Waals surface area (Å²) in [4.78, 5) is 0. The zero-order chi connectivity index (χ0) is 20.9. The predicted octanol–water partition coefficient (Wildman–Crippen LogP) is 8.15. The average Bonchev–Trinajstić information content (AvgIpc) is 2.78. The average molecular weight is 399 g/mol. The lowest BCUT2D eigenvalue weighted by molar-refractivity contribution is 0.301. The highest BCUT2D eigenvalue weighted by molar-refractivity contribution is 5.85. The first-order valence-corrected chi connectivity index (χ1v) is 11.4. The molecule has 30 heavy (non-hydrogen) atoms. The number of hydrogen-bond donors (Lipinski definition) is 0. The quantitative estimate of drug-likeness (QED) is 0.389. The van der Waals surface area contributed by atoms with Crippen molar-refractivity contribution in [2.75, 3.05) is 0 Å². The predicted molar refractivity (Wildman–Crippen MR) is 125 cm³/mol. The molecular weight excluding hydrogens is 367 g/mol. The highest BCUT2D eigenvalue weighted by atomic mass is 19.1. The van der Waals surface area contributed by atoms with E-state index in [0.717, 1.165) is 46.2 Å². The molecule has 0 aromatic heterocycles. The number of benzene rings is 3. The van der Waals surface area contributed by atoms with Crippen molar-refractivity contribution in [2.24, 2.45) is 5.92 Å². The third kappa shape index (κ3) is 4.76. The summed E-state index contributed by atoms with van der Waals surface area (Å²) in [6, 6.07) is 18.2. The van der Waals surface area contributed by atoms with Gasteiger partial charge in [-0.15, -0.1) is 0 Å². The van der Waals surface area contributed by atoms with E-state index in [0.29, 0.717) is 5.92 Å². The molecule has 0 amide bonds. The molecule has 0 spiro atoms. The minimum Gasteiger partial charge on any atom is -0.206 e. The Hall–Kier alpha value is -2.59. The first-order valence-electron chi connectivity index (χ1n) is 11.4. The molecule has 0 N–H and O–H groups in total. The Morgan fingerprint density at radius 2 is 1.57 bits per heavy atom. The second-order valence-electron chi connectivity index (χ2n) is 8.88. The van der Waals surface area contributed by atoms with Crippen LogP contribution in [0.25, 0.3) is 10.8 Å². The van der Waals surface area contributed by atoms with Crippen LogP contribution in [-0.2, 0) is 0 Å². The molecule has 3 aromatic carbocycles. The topological polar surface area (TPSA) is 0 Å². The lowest BCUT2D eigenvalue weighted by Crippen LogP contribution is -2.14. The first-order chi connectivity index (χ1) is 14.6. The third-order valence-electron chi connectivity index (χ3n) is 6.64. The Balaban J connectivity index is 1.51. The molecule has 4 rings (SSSR count). The fraction of sp³-hybridized carbons (Fsp3) is 0.379. The molecule has 1 saturated carbocycles. The van der Waals surface area contributed by atoms with Crippen LogP contribution >= 0.6 is 0 Å². The maximum Gasteiger partial charge on any atom is 0.134 e. The van der Waals surface area contributed by atoms with Crippen LogP contribution < -0.4 is 0 Å². The van der Waals surface area contributed by atoms with Gasteiger partial charge in [0.2, 0.25) is 0 Å². The van der Waals surface area contributed by atoms with Gasteiger partial charge in [-0.25, -0.2) is 4.39 Å². The molecule has 3 aromatic rings. The molecule has 0 bridgehead atoms. The fourth-order valence-corrected chi connectivity index (χ4v) is 4.74. The van der Waals surface area contributed by atoms with Gasteiger partial charge in [-0.2, -0.15) is 0 Å². The maximum absolute atomic E-state index is 15.3. The Morgan fingerprint density at radius 1 is 0.867 bits per heavy atom. The lowest BCUT2D eigenvalue weighted by Gasteiger charge is -2.29. The second kappa shape index (κ2) is 9.48. The van der Waals surface area contributed by atoms with Gasteiger partial charge in [-0.3, -0.25) is 0 Å². The molecule has 0 nitrogen and oxygen atoms in total. The van der Waals surface area contributed by atoms with Crippen molar-refractivity contribution in [1.82, 2.24) is 0 Å². The van der Waals surface area contributed by atoms with Gasteiger partial charge in [0, 0.05) is 16.5 Å². The molecule has 0 atom stereocenters. The monoisotopic (exact) mass is 398 g/mol. The van der Waals surface area contributed by atoms with E-state index >= 15 is 4.39 Å². The summed E-state index contributed by atoms with van der Waals surface area (Å²) in [7, 11) is 0. The van der Waals surface area contributed by atoms with Crippen LogP contribution in [0.2, 0.25) is 0 Å². The van der Waals surface area contributed by atoms with Crippen LogP contribution in [0.15, 0.2) is 54.6 Å². The number of aryl methyl sites for hydroxylation is 1. The highest BCUT2D eigenvalue weighted by Gasteiger charge is 2.24. The SMILES string of the molecule is CCCCC1CCC(c2ccc3cc(C#Cc4ccc(C)cc4)ccc3c2F)CC1. The summed E-state index contributed by atoms with van der Waals surface area (Å²) in [6.45, 7) is 4.33. The summed E-state index contributed by atoms with van der Waals surface area (Å²) in [5, 5.41) is 1.66. The van der Waals surface area contributed by atoms with Crippen molar-refractivity contribution < 1.29 is 4.39 Å². The van der Waals surface area contributed by atoms with Crippen molar-refractivity contribution in [3.8, 4) is 11.8 Å². The molecule has 1 aliphatic carbocycles. The molecule has 0 unspecified atom stereocenters. The van der Waals surface area contributed by atoms with Crippen molar-refractivity contribution in [1.29, 1.82) is 0 Å². The standard InChI is InChI=1S/C29H31F/c1-3-4-5-22-12-15-25(16-13-22)27-19-17-26-20-24(14-18-28(26)29(27)30)11-10-23-8-6-21(2)7-9-23/h6-9,14,17-20,22,25H,3-5,12-13,15-16H2,1-2H3. The van der Waals surface area contributed by atoms with E-state index in [1.807, 2.05) is 36.4 Å². The van der Waals surface area contributed by atoms with Gasteiger partial charge in [0.25, 0.3) is 0 Å². The van der Waals surface area contributed by atoms with Crippen LogP contribution in [0.5, 0.6) is 0 Å². The largest absolute Gasteiger partial charge is 0.206 e. The number of halogens is 1. The number of unbranched alkanes of at least 4 members (excludes halogenated alkanes) is 1. The zero-order valence-electron chi connectivity index (χ0n) is 18.2. The summed E-state index contributed by atoms with van der Waals surface area (Å²) >= 11 is 0. The molecule has 1 heteroatoms. The Morgan fingerprint density at radius 3 is 2.30 bits per heavy atom. The zero-order valence-corrected chi connectivity index (χ0v) is 18.2. The highest BCUT2D eigenvalue weighted by Crippen LogP contribution is 2.39. The van der Waals surface area contributed by atoms with Crippen LogP contribution in [0.3, 0.4) is 0 Å². The molecular formula is C29H31F. The van der Waals surface area contributed by atoms with Gasteiger partial charge in [0.1, 0.15) is 5.82 Å². The van der Waals surface area contributed by atoms with Crippen molar-refractivity contribution in [3.63, 3.8) is 0 Å². The fourth-order valence-electron chi connectivity index (χ4n) is 4.74. The van der Waals surface area contributed by atoms with E-state index in [4.69, 9.17) is 0 Å². The summed E-state index contributed by atoms with van der Waals surface area (Å²) in [5.74, 6) is 7.61. The van der Waals surface area contributed by atoms with Crippen molar-refractivity contribution >= 4 is 10.8 Å². The number of rotatable bonds is 4. The number of hydrogen-bond acceptors (Lipinski definition) is 0. The van der Waals surface area contributed by atoms with E-state index in [9.17, 15) is 0 Å². The van der Waals surface area contributed by atoms with Crippen LogP contribution in [-0.4, -0.2) is 0 Å². The van der Waals surface area contributed by atoms with Crippen LogP contribution in [0, 0.1) is 30.5 Å². The van der Waals surface area contributed by atoms with E-state index < -0.39 is 0 Å². The normalized spacial score (nSPS) is 18.8. The van der Waals surface area contributed by atoms with Crippen molar-refractivity contribution in [2.45, 2.75) is 64.7 Å². The van der Waals surface area contributed by atoms with E-state index in [1.165, 1.54) is 37.7 Å². The third-order valence-corrected chi connectivity index (χ3v) is 6.64. The molecule has 0 saturated heterocycles. The van der Waals surface area contributed by atoms with E-state index in [1.54, 1.807) is 0 Å². The minimum absolute atomic E-state index is 0.0254. The van der Waals surface area contributed by atoms with Gasteiger partial charge in [0.05, 0.1) is 0 Å². The molecule has 1 fully saturated rings. The molecule has 0 radical (unpaired) electrons. The molecule has 1 aliphatic rings. The van der Waals surface area contributed by atoms with Crippen LogP contribution in [0.1, 0.15) is 80.0 Å². The lowest BCUT2D eigenvalue weighted by atomic mass is 9.76. The summed E-state index contributed by atoms with van der Waals surface area (Å²) in [6.07, 6.45) is 8.68. The Bertz CT molecular complexity index is 1060. The van der Waals surface area contributed by atoms with Crippen molar-refractivity contribution in [3.05, 3.63) is 82.7 Å². The Kier molecular flexibility index (Phi) is 6.53. The summed E-state index contributed by atoms with van der Waals surface area (Å²) < 4.78 is 15.3. The first kappa shape index (κ1) is 20.7. The molecule has 0 heterocycles. The summed E-state index contributed by atoms with van der Waals surface area (Å²) in [5.41, 5.74) is 4.06. The molecule has 154 valence electrons. The van der Waals surface area contributed by atoms with E-state index in [2.05, 4.69) is 43.9 Å². The van der Waals surface area contributed by atoms with Gasteiger partial charge < -0.3 is 0 Å². The molecule has 0 aliphatic heterocycles. The smallest absolute Gasteiger partial charge is 0.134 e. The van der Waals surface area contributed by atoms with Gasteiger partial charge >= 0.3 is 0 Å². The minimum atomic E-state index is -0.0254. The maximum atomic E-state index is 15.3. The van der Waals surface area contributed by atoms with Gasteiger partial charge in [-0.1, -0.05) is 73.9 Å². The van der Waals surface area contributed by atoms with E-state index in [-0.39, 0.29) is 5.82 Å². The Labute approximate surface area is 180 Å². The van der Waals surface area contributed by atoms with Crippen LogP contribution in [0.4, 0.5) is 4.39 Å². The van der Waals surface area contributed by atoms with Gasteiger partial charge in [-0.05, 0) is 79.7 Å². The number of fused-ring (bicyclic) bond motifs is 1. The second-order valence-corrected chi connectivity index (χ2v) is 8.88.